The molecule has 0 aliphatic rings. The second-order valence-electron chi connectivity index (χ2n) is 3.69. The molecular weight excluding hydrogens is 242 g/mol. The molecule has 1 aromatic rings. The number of halogens is 2. The highest BCUT2D eigenvalue weighted by Crippen LogP contribution is 2.08. The van der Waals surface area contributed by atoms with Gasteiger partial charge < -0.3 is 10.1 Å². The Morgan fingerprint density at radius 1 is 1.44 bits per heavy atom. The number of amides is 1. The smallest absolute Gasteiger partial charge is 0.254 e. The molecule has 0 unspecified atom stereocenters. The molecule has 0 aliphatic heterocycles. The van der Waals surface area contributed by atoms with Crippen LogP contribution in [-0.4, -0.2) is 30.6 Å². The molecule has 4 nitrogen and oxygen atoms in total. The number of hydrogen-bond acceptors (Lipinski definition) is 3. The predicted octanol–water partition coefficient (Wildman–Crippen LogP) is 1.91. The first-order valence-corrected chi connectivity index (χ1v) is 5.82. The normalized spacial score (nSPS) is 10.4. The van der Waals surface area contributed by atoms with Crippen molar-refractivity contribution in [3.8, 4) is 0 Å². The summed E-state index contributed by atoms with van der Waals surface area (Å²) in [5.74, 6) is -3.14. The van der Waals surface area contributed by atoms with Crippen molar-refractivity contribution in [1.29, 1.82) is 0 Å². The van der Waals surface area contributed by atoms with Crippen LogP contribution in [-0.2, 0) is 4.74 Å². The molecule has 1 rings (SSSR count). The molecule has 0 fully saturated rings. The Bertz CT molecular complexity index is 400. The Morgan fingerprint density at radius 2 is 2.22 bits per heavy atom. The summed E-state index contributed by atoms with van der Waals surface area (Å²) in [5.41, 5.74) is -0.336. The van der Waals surface area contributed by atoms with E-state index in [0.717, 1.165) is 18.7 Å². The van der Waals surface area contributed by atoms with Crippen LogP contribution in [0.5, 0.6) is 0 Å². The van der Waals surface area contributed by atoms with Gasteiger partial charge in [-0.1, -0.05) is 6.92 Å². The summed E-state index contributed by atoms with van der Waals surface area (Å²) >= 11 is 0. The Kier molecular flexibility index (Phi) is 6.21. The third kappa shape index (κ3) is 4.37. The van der Waals surface area contributed by atoms with Gasteiger partial charge in [-0.25, -0.2) is 9.37 Å². The molecule has 6 heteroatoms. The van der Waals surface area contributed by atoms with Gasteiger partial charge in [-0.2, -0.15) is 4.39 Å². The number of hydrogen-bond donors (Lipinski definition) is 1. The van der Waals surface area contributed by atoms with Gasteiger partial charge in [0.05, 0.1) is 5.56 Å². The Balaban J connectivity index is 2.35. The van der Waals surface area contributed by atoms with Crippen LogP contribution >= 0.6 is 0 Å². The van der Waals surface area contributed by atoms with Crippen molar-refractivity contribution in [2.75, 3.05) is 19.8 Å². The largest absolute Gasteiger partial charge is 0.381 e. The van der Waals surface area contributed by atoms with E-state index in [0.29, 0.717) is 26.2 Å². The van der Waals surface area contributed by atoms with Gasteiger partial charge in [0.15, 0.2) is 5.82 Å². The van der Waals surface area contributed by atoms with Crippen LogP contribution in [0.3, 0.4) is 0 Å². The van der Waals surface area contributed by atoms with Crippen LogP contribution in [0.4, 0.5) is 8.78 Å². The molecule has 1 heterocycles. The molecule has 1 N–H and O–H groups in total. The maximum atomic E-state index is 13.2. The van der Waals surface area contributed by atoms with E-state index in [-0.39, 0.29) is 5.56 Å². The predicted molar refractivity (Wildman–Crippen MR) is 62.2 cm³/mol. The van der Waals surface area contributed by atoms with Crippen molar-refractivity contribution >= 4 is 5.91 Å². The van der Waals surface area contributed by atoms with Crippen molar-refractivity contribution in [3.05, 3.63) is 29.6 Å². The first-order chi connectivity index (χ1) is 8.66. The number of aromatic nitrogens is 1. The Morgan fingerprint density at radius 3 is 2.94 bits per heavy atom. The van der Waals surface area contributed by atoms with Gasteiger partial charge in [-0.05, 0) is 18.9 Å². The number of nitrogens with zero attached hydrogens (tertiary/aromatic N) is 1. The monoisotopic (exact) mass is 258 g/mol. The third-order valence-electron chi connectivity index (χ3n) is 2.19. The van der Waals surface area contributed by atoms with Gasteiger partial charge in [-0.3, -0.25) is 4.79 Å². The maximum Gasteiger partial charge on any atom is 0.254 e. The summed E-state index contributed by atoms with van der Waals surface area (Å²) < 4.78 is 31.2. The lowest BCUT2D eigenvalue weighted by molar-refractivity contribution is 0.0936. The van der Waals surface area contributed by atoms with Crippen molar-refractivity contribution in [3.63, 3.8) is 0 Å². The van der Waals surface area contributed by atoms with E-state index in [1.165, 1.54) is 0 Å². The van der Waals surface area contributed by atoms with E-state index < -0.39 is 17.7 Å². The molecule has 18 heavy (non-hydrogen) atoms. The molecule has 1 aromatic heterocycles. The summed E-state index contributed by atoms with van der Waals surface area (Å²) in [5, 5.41) is 2.49. The molecule has 0 radical (unpaired) electrons. The fraction of sp³-hybridized carbons (Fsp3) is 0.500. The Labute approximate surface area is 104 Å². The number of nitrogens with one attached hydrogen (secondary N) is 1. The topological polar surface area (TPSA) is 51.2 Å². The van der Waals surface area contributed by atoms with Crippen LogP contribution in [0, 0.1) is 11.8 Å². The van der Waals surface area contributed by atoms with Crippen LogP contribution < -0.4 is 5.32 Å². The molecular formula is C12H16F2N2O2. The lowest BCUT2D eigenvalue weighted by Gasteiger charge is -2.06. The van der Waals surface area contributed by atoms with Gasteiger partial charge in [0, 0.05) is 26.0 Å². The van der Waals surface area contributed by atoms with Gasteiger partial charge >= 0.3 is 0 Å². The molecule has 0 aromatic carbocycles. The SMILES string of the molecule is CCCOCCCNC(=O)c1ccnc(F)c1F. The average molecular weight is 258 g/mol. The fourth-order valence-electron chi connectivity index (χ4n) is 1.31. The minimum absolute atomic E-state index is 0.336. The zero-order valence-corrected chi connectivity index (χ0v) is 10.2. The van der Waals surface area contributed by atoms with Crippen molar-refractivity contribution in [1.82, 2.24) is 10.3 Å². The molecule has 0 saturated heterocycles. The van der Waals surface area contributed by atoms with Gasteiger partial charge in [0.1, 0.15) is 0 Å². The first kappa shape index (κ1) is 14.5. The zero-order valence-electron chi connectivity index (χ0n) is 10.2. The van der Waals surface area contributed by atoms with Gasteiger partial charge in [0.2, 0.25) is 5.95 Å². The molecule has 0 saturated carbocycles. The summed E-state index contributed by atoms with van der Waals surface area (Å²) in [6, 6.07) is 1.14. The number of ether oxygens (including phenoxy) is 1. The molecule has 0 atom stereocenters. The molecule has 0 bridgehead atoms. The summed E-state index contributed by atoms with van der Waals surface area (Å²) in [4.78, 5) is 14.6. The first-order valence-electron chi connectivity index (χ1n) is 5.82. The van der Waals surface area contributed by atoms with Crippen molar-refractivity contribution < 1.29 is 18.3 Å². The van der Waals surface area contributed by atoms with E-state index in [4.69, 9.17) is 4.74 Å². The van der Waals surface area contributed by atoms with E-state index >= 15 is 0 Å². The fourth-order valence-corrected chi connectivity index (χ4v) is 1.31. The number of carbonyl (C=O) groups is 1. The Hall–Kier alpha value is -1.56. The third-order valence-corrected chi connectivity index (χ3v) is 2.19. The highest BCUT2D eigenvalue weighted by molar-refractivity contribution is 5.94. The summed E-state index contributed by atoms with van der Waals surface area (Å²) in [7, 11) is 0. The number of rotatable bonds is 7. The van der Waals surface area contributed by atoms with Crippen molar-refractivity contribution in [2.24, 2.45) is 0 Å². The number of pyridine rings is 1. The van der Waals surface area contributed by atoms with E-state index in [1.807, 2.05) is 6.92 Å². The summed E-state index contributed by atoms with van der Waals surface area (Å²) in [6.07, 6.45) is 2.62. The maximum absolute atomic E-state index is 13.2. The van der Waals surface area contributed by atoms with Crippen LogP contribution in [0.15, 0.2) is 12.3 Å². The molecule has 0 aliphatic carbocycles. The second kappa shape index (κ2) is 7.71. The summed E-state index contributed by atoms with van der Waals surface area (Å²) in [6.45, 7) is 3.56. The lowest BCUT2D eigenvalue weighted by Crippen LogP contribution is -2.26. The van der Waals surface area contributed by atoms with Crippen molar-refractivity contribution in [2.45, 2.75) is 19.8 Å². The van der Waals surface area contributed by atoms with E-state index in [2.05, 4.69) is 10.3 Å². The highest BCUT2D eigenvalue weighted by Gasteiger charge is 2.15. The van der Waals surface area contributed by atoms with E-state index in [9.17, 15) is 13.6 Å². The van der Waals surface area contributed by atoms with Gasteiger partial charge in [0.25, 0.3) is 5.91 Å². The quantitative estimate of drug-likeness (QED) is 0.600. The zero-order chi connectivity index (χ0) is 13.4. The standard InChI is InChI=1S/C12H16F2N2O2/c1-2-7-18-8-3-5-16-12(17)9-4-6-15-11(14)10(9)13/h4,6H,2-3,5,7-8H2,1H3,(H,16,17). The van der Waals surface area contributed by atoms with Gasteiger partial charge in [-0.15, -0.1) is 0 Å². The van der Waals surface area contributed by atoms with E-state index in [1.54, 1.807) is 0 Å². The van der Waals surface area contributed by atoms with Crippen LogP contribution in [0.25, 0.3) is 0 Å². The molecule has 0 spiro atoms. The minimum Gasteiger partial charge on any atom is -0.381 e. The minimum atomic E-state index is -1.27. The lowest BCUT2D eigenvalue weighted by atomic mass is 10.2. The molecule has 100 valence electrons. The highest BCUT2D eigenvalue weighted by atomic mass is 19.2. The van der Waals surface area contributed by atoms with Crippen LogP contribution in [0.1, 0.15) is 30.1 Å². The van der Waals surface area contributed by atoms with Crippen LogP contribution in [0.2, 0.25) is 0 Å². The number of carbonyl (C=O) groups excluding carboxylic acids is 1. The molecule has 1 amide bonds. The second-order valence-corrected chi connectivity index (χ2v) is 3.69. The average Bonchev–Trinajstić information content (AvgIpc) is 2.36.